The number of carboxylic acids is 1. The standard InChI is InChI=1S/C27H24ClN3O5S/c28-20-6-11-23-24(17-20)30(21-7-9-22(10-8-21)37(35,36)29-14-1-2-15-29)26(34)31(23)27(12-13-27)19-5-3-4-18(16-19)25(32)33/h3-11,16-17H,1-2,12-15H2,(H,32,33). The van der Waals surface area contributed by atoms with Crippen molar-refractivity contribution in [2.45, 2.75) is 36.1 Å². The van der Waals surface area contributed by atoms with E-state index in [-0.39, 0.29) is 16.1 Å². The average Bonchev–Trinajstić information content (AvgIpc) is 3.36. The molecule has 3 aromatic carbocycles. The lowest BCUT2D eigenvalue weighted by Crippen LogP contribution is -2.32. The molecule has 0 bridgehead atoms. The van der Waals surface area contributed by atoms with Crippen LogP contribution < -0.4 is 5.69 Å². The maximum atomic E-state index is 14.0. The number of fused-ring (bicyclic) bond motifs is 1. The van der Waals surface area contributed by atoms with Crippen molar-refractivity contribution in [3.63, 3.8) is 0 Å². The molecule has 1 aliphatic carbocycles. The van der Waals surface area contributed by atoms with Crippen LogP contribution in [-0.4, -0.2) is 46.0 Å². The number of hydrogen-bond donors (Lipinski definition) is 1. The first-order valence-corrected chi connectivity index (χ1v) is 13.9. The molecule has 8 nitrogen and oxygen atoms in total. The van der Waals surface area contributed by atoms with Crippen LogP contribution in [0.2, 0.25) is 5.02 Å². The van der Waals surface area contributed by atoms with Crippen molar-refractivity contribution in [1.82, 2.24) is 13.4 Å². The van der Waals surface area contributed by atoms with Gasteiger partial charge in [0.1, 0.15) is 0 Å². The number of benzene rings is 3. The summed E-state index contributed by atoms with van der Waals surface area (Å²) in [5.74, 6) is -1.02. The summed E-state index contributed by atoms with van der Waals surface area (Å²) in [4.78, 5) is 25.8. The molecule has 37 heavy (non-hydrogen) atoms. The van der Waals surface area contributed by atoms with E-state index in [4.69, 9.17) is 11.6 Å². The minimum atomic E-state index is -3.58. The molecular formula is C27H24ClN3O5S. The van der Waals surface area contributed by atoms with Crippen LogP contribution in [0.15, 0.2) is 76.4 Å². The quantitative estimate of drug-likeness (QED) is 0.391. The number of carboxylic acid groups (broad SMARTS) is 1. The smallest absolute Gasteiger partial charge is 0.335 e. The van der Waals surface area contributed by atoms with Gasteiger partial charge in [0.2, 0.25) is 10.0 Å². The number of imidazole rings is 1. The van der Waals surface area contributed by atoms with E-state index in [1.54, 1.807) is 47.0 Å². The van der Waals surface area contributed by atoms with Gasteiger partial charge in [-0.1, -0.05) is 23.7 Å². The predicted octanol–water partition coefficient (Wildman–Crippen LogP) is 4.47. The Morgan fingerprint density at radius 1 is 0.919 bits per heavy atom. The molecule has 190 valence electrons. The van der Waals surface area contributed by atoms with Crippen molar-refractivity contribution in [2.24, 2.45) is 0 Å². The zero-order chi connectivity index (χ0) is 25.9. The largest absolute Gasteiger partial charge is 0.478 e. The number of rotatable bonds is 6. The SMILES string of the molecule is O=C(O)c1cccc(C2(n3c(=O)n(-c4ccc(S(=O)(=O)N5CCCC5)cc4)c4cc(Cl)ccc43)CC2)c1. The van der Waals surface area contributed by atoms with Gasteiger partial charge >= 0.3 is 11.7 Å². The van der Waals surface area contributed by atoms with E-state index in [1.165, 1.54) is 27.1 Å². The number of sulfonamides is 1. The average molecular weight is 538 g/mol. The lowest BCUT2D eigenvalue weighted by molar-refractivity contribution is 0.0696. The highest BCUT2D eigenvalue weighted by atomic mass is 35.5. The minimum Gasteiger partial charge on any atom is -0.478 e. The summed E-state index contributed by atoms with van der Waals surface area (Å²) >= 11 is 6.33. The van der Waals surface area contributed by atoms with Crippen molar-refractivity contribution >= 4 is 38.6 Å². The number of carbonyl (C=O) groups is 1. The summed E-state index contributed by atoms with van der Waals surface area (Å²) in [5, 5.41) is 9.95. The molecule has 4 aromatic rings. The summed E-state index contributed by atoms with van der Waals surface area (Å²) in [7, 11) is -3.58. The Morgan fingerprint density at radius 3 is 2.27 bits per heavy atom. The topological polar surface area (TPSA) is 102 Å². The summed E-state index contributed by atoms with van der Waals surface area (Å²) in [6.07, 6.45) is 3.07. The van der Waals surface area contributed by atoms with E-state index in [1.807, 2.05) is 6.07 Å². The van der Waals surface area contributed by atoms with Crippen molar-refractivity contribution < 1.29 is 18.3 Å². The van der Waals surface area contributed by atoms with Crippen LogP contribution in [0, 0.1) is 0 Å². The second-order valence-corrected chi connectivity index (χ2v) is 12.0. The molecule has 0 amide bonds. The highest BCUT2D eigenvalue weighted by Gasteiger charge is 2.49. The molecule has 10 heteroatoms. The molecule has 2 heterocycles. The van der Waals surface area contributed by atoms with Gasteiger partial charge in [-0.15, -0.1) is 0 Å². The fraction of sp³-hybridized carbons (Fsp3) is 0.259. The van der Waals surface area contributed by atoms with E-state index in [9.17, 15) is 23.1 Å². The fourth-order valence-electron chi connectivity index (χ4n) is 5.38. The summed E-state index contributed by atoms with van der Waals surface area (Å²) in [5.41, 5.74) is 1.74. The molecule has 2 fully saturated rings. The molecule has 0 atom stereocenters. The molecule has 0 radical (unpaired) electrons. The van der Waals surface area contributed by atoms with E-state index >= 15 is 0 Å². The summed E-state index contributed by atoms with van der Waals surface area (Å²) in [6, 6.07) is 18.3. The Morgan fingerprint density at radius 2 is 1.62 bits per heavy atom. The van der Waals surface area contributed by atoms with Gasteiger partial charge in [0, 0.05) is 18.1 Å². The molecular weight excluding hydrogens is 514 g/mol. The van der Waals surface area contributed by atoms with Gasteiger partial charge in [-0.2, -0.15) is 4.31 Å². The monoisotopic (exact) mass is 537 g/mol. The molecule has 1 saturated heterocycles. The third-order valence-electron chi connectivity index (χ3n) is 7.40. The van der Waals surface area contributed by atoms with Gasteiger partial charge in [0.05, 0.1) is 32.7 Å². The number of nitrogens with zero attached hydrogens (tertiary/aromatic N) is 3. The van der Waals surface area contributed by atoms with Gasteiger partial charge in [0.25, 0.3) is 0 Å². The van der Waals surface area contributed by atoms with E-state index in [0.717, 1.165) is 18.4 Å². The highest BCUT2D eigenvalue weighted by molar-refractivity contribution is 7.89. The summed E-state index contributed by atoms with van der Waals surface area (Å²) in [6.45, 7) is 1.03. The minimum absolute atomic E-state index is 0.165. The van der Waals surface area contributed by atoms with Crippen LogP contribution in [0.4, 0.5) is 0 Å². The van der Waals surface area contributed by atoms with E-state index in [0.29, 0.717) is 47.7 Å². The lowest BCUT2D eigenvalue weighted by atomic mass is 10.0. The van der Waals surface area contributed by atoms with Crippen molar-refractivity contribution in [1.29, 1.82) is 0 Å². The molecule has 1 aliphatic heterocycles. The van der Waals surface area contributed by atoms with Crippen LogP contribution >= 0.6 is 11.6 Å². The molecule has 2 aliphatic rings. The van der Waals surface area contributed by atoms with Gasteiger partial charge in [-0.3, -0.25) is 9.13 Å². The number of hydrogen-bond acceptors (Lipinski definition) is 4. The first kappa shape index (κ1) is 24.0. The van der Waals surface area contributed by atoms with Gasteiger partial charge in [0.15, 0.2) is 0 Å². The fourth-order valence-corrected chi connectivity index (χ4v) is 7.06. The molecule has 1 saturated carbocycles. The maximum Gasteiger partial charge on any atom is 0.335 e. The van der Waals surface area contributed by atoms with Crippen LogP contribution in [0.25, 0.3) is 16.7 Å². The predicted molar refractivity (Wildman–Crippen MR) is 140 cm³/mol. The van der Waals surface area contributed by atoms with Crippen molar-refractivity contribution in [2.75, 3.05) is 13.1 Å². The number of halogens is 1. The van der Waals surface area contributed by atoms with Crippen molar-refractivity contribution in [3.8, 4) is 5.69 Å². The van der Waals surface area contributed by atoms with Crippen LogP contribution in [0.3, 0.4) is 0 Å². The zero-order valence-corrected chi connectivity index (χ0v) is 21.4. The van der Waals surface area contributed by atoms with Gasteiger partial charge in [-0.25, -0.2) is 18.0 Å². The van der Waals surface area contributed by atoms with Crippen molar-refractivity contribution in [3.05, 3.63) is 93.4 Å². The van der Waals surface area contributed by atoms with Crippen LogP contribution in [-0.2, 0) is 15.6 Å². The van der Waals surface area contributed by atoms with Gasteiger partial charge < -0.3 is 5.11 Å². The summed E-state index contributed by atoms with van der Waals surface area (Å²) < 4.78 is 30.7. The Bertz CT molecular complexity index is 1710. The Kier molecular flexibility index (Phi) is 5.56. The first-order valence-electron chi connectivity index (χ1n) is 12.1. The number of aromatic nitrogens is 2. The van der Waals surface area contributed by atoms with E-state index < -0.39 is 21.5 Å². The Balaban J connectivity index is 1.50. The normalized spacial score (nSPS) is 17.3. The third kappa shape index (κ3) is 3.80. The zero-order valence-electron chi connectivity index (χ0n) is 19.8. The first-order chi connectivity index (χ1) is 17.7. The molecule has 0 unspecified atom stereocenters. The second kappa shape index (κ2) is 8.58. The lowest BCUT2D eigenvalue weighted by Gasteiger charge is -2.18. The highest BCUT2D eigenvalue weighted by Crippen LogP contribution is 2.50. The van der Waals surface area contributed by atoms with E-state index in [2.05, 4.69) is 0 Å². The maximum absolute atomic E-state index is 14.0. The Labute approximate surface area is 218 Å². The Hall–Kier alpha value is -3.40. The number of aromatic carboxylic acids is 1. The van der Waals surface area contributed by atoms with Crippen LogP contribution in [0.5, 0.6) is 0 Å². The molecule has 0 spiro atoms. The third-order valence-corrected chi connectivity index (χ3v) is 9.55. The van der Waals surface area contributed by atoms with Gasteiger partial charge in [-0.05, 0) is 85.8 Å². The second-order valence-electron chi connectivity index (χ2n) is 9.61. The van der Waals surface area contributed by atoms with Crippen LogP contribution in [0.1, 0.15) is 41.6 Å². The molecule has 6 rings (SSSR count). The molecule has 1 aromatic heterocycles. The molecule has 1 N–H and O–H groups in total.